The SMILES string of the molecule is C/C=C(/C)C(=O)O[C@H]1CC=C2Cc3occ(C)c3[C@@H](O)[C@]2(C)[C@]1(C)O. The molecule has 0 spiro atoms. The van der Waals surface area contributed by atoms with Crippen LogP contribution in [0.15, 0.2) is 34.0 Å². The van der Waals surface area contributed by atoms with Crippen molar-refractivity contribution in [2.24, 2.45) is 5.41 Å². The summed E-state index contributed by atoms with van der Waals surface area (Å²) in [6, 6.07) is 0. The number of carbonyl (C=O) groups excluding carboxylic acids is 1. The minimum Gasteiger partial charge on any atom is -0.468 e. The molecule has 1 aromatic heterocycles. The minimum absolute atomic E-state index is 0.405. The quantitative estimate of drug-likeness (QED) is 0.488. The van der Waals surface area contributed by atoms with Gasteiger partial charge in [0.15, 0.2) is 0 Å². The lowest BCUT2D eigenvalue weighted by atomic mass is 9.55. The topological polar surface area (TPSA) is 79.9 Å². The summed E-state index contributed by atoms with van der Waals surface area (Å²) in [7, 11) is 0. The maximum Gasteiger partial charge on any atom is 0.333 e. The van der Waals surface area contributed by atoms with E-state index in [2.05, 4.69) is 0 Å². The lowest BCUT2D eigenvalue weighted by Gasteiger charge is -2.54. The predicted octanol–water partition coefficient (Wildman–Crippen LogP) is 3.14. The average Bonchev–Trinajstić information content (AvgIpc) is 2.93. The highest BCUT2D eigenvalue weighted by atomic mass is 16.6. The van der Waals surface area contributed by atoms with Crippen molar-refractivity contribution in [1.82, 2.24) is 0 Å². The monoisotopic (exact) mass is 346 g/mol. The number of hydrogen-bond donors (Lipinski definition) is 2. The van der Waals surface area contributed by atoms with Gasteiger partial charge in [-0.3, -0.25) is 0 Å². The molecule has 0 unspecified atom stereocenters. The number of esters is 1. The Morgan fingerprint density at radius 3 is 2.76 bits per heavy atom. The predicted molar refractivity (Wildman–Crippen MR) is 92.9 cm³/mol. The first-order valence-electron chi connectivity index (χ1n) is 8.65. The first-order valence-corrected chi connectivity index (χ1v) is 8.65. The van der Waals surface area contributed by atoms with E-state index in [4.69, 9.17) is 9.15 Å². The van der Waals surface area contributed by atoms with E-state index < -0.39 is 29.2 Å². The van der Waals surface area contributed by atoms with Crippen LogP contribution in [0.5, 0.6) is 0 Å². The molecule has 2 aliphatic rings. The lowest BCUT2D eigenvalue weighted by molar-refractivity contribution is -0.195. The molecule has 5 heteroatoms. The Labute approximate surface area is 148 Å². The van der Waals surface area contributed by atoms with Crippen molar-refractivity contribution in [2.45, 2.75) is 65.3 Å². The normalized spacial score (nSPS) is 34.8. The third kappa shape index (κ3) is 2.41. The Balaban J connectivity index is 2.02. The van der Waals surface area contributed by atoms with E-state index in [9.17, 15) is 15.0 Å². The molecule has 4 atom stereocenters. The van der Waals surface area contributed by atoms with Crippen molar-refractivity contribution in [1.29, 1.82) is 0 Å². The molecule has 25 heavy (non-hydrogen) atoms. The van der Waals surface area contributed by atoms with Crippen LogP contribution in [0.2, 0.25) is 0 Å². The molecule has 5 nitrogen and oxygen atoms in total. The Morgan fingerprint density at radius 1 is 1.44 bits per heavy atom. The van der Waals surface area contributed by atoms with Gasteiger partial charge in [0.1, 0.15) is 17.5 Å². The average molecular weight is 346 g/mol. The van der Waals surface area contributed by atoms with Crippen LogP contribution in [0.4, 0.5) is 0 Å². The molecule has 0 radical (unpaired) electrons. The third-order valence-electron chi connectivity index (χ3n) is 6.20. The van der Waals surface area contributed by atoms with Crippen LogP contribution >= 0.6 is 0 Å². The second-order valence-electron chi connectivity index (χ2n) is 7.52. The molecule has 2 N–H and O–H groups in total. The van der Waals surface area contributed by atoms with Gasteiger partial charge >= 0.3 is 5.97 Å². The number of rotatable bonds is 2. The van der Waals surface area contributed by atoms with Gasteiger partial charge in [0.2, 0.25) is 0 Å². The molecule has 136 valence electrons. The fourth-order valence-corrected chi connectivity index (χ4v) is 4.03. The van der Waals surface area contributed by atoms with Crippen molar-refractivity contribution in [2.75, 3.05) is 0 Å². The van der Waals surface area contributed by atoms with Gasteiger partial charge in [-0.25, -0.2) is 4.79 Å². The van der Waals surface area contributed by atoms with Crippen molar-refractivity contribution in [3.63, 3.8) is 0 Å². The number of furan rings is 1. The van der Waals surface area contributed by atoms with Crippen LogP contribution in [0.3, 0.4) is 0 Å². The second kappa shape index (κ2) is 5.85. The van der Waals surface area contributed by atoms with Crippen LogP contribution in [0.25, 0.3) is 0 Å². The highest BCUT2D eigenvalue weighted by molar-refractivity contribution is 5.87. The minimum atomic E-state index is -1.42. The van der Waals surface area contributed by atoms with Crippen molar-refractivity contribution in [3.05, 3.63) is 46.4 Å². The van der Waals surface area contributed by atoms with Crippen LogP contribution in [0.1, 0.15) is 57.1 Å². The summed E-state index contributed by atoms with van der Waals surface area (Å²) in [5.74, 6) is 0.295. The summed E-state index contributed by atoms with van der Waals surface area (Å²) in [4.78, 5) is 12.2. The second-order valence-corrected chi connectivity index (χ2v) is 7.52. The van der Waals surface area contributed by atoms with Crippen LogP contribution in [-0.4, -0.2) is 27.9 Å². The fourth-order valence-electron chi connectivity index (χ4n) is 4.03. The number of aryl methyl sites for hydroxylation is 1. The Hall–Kier alpha value is -1.85. The van der Waals surface area contributed by atoms with Crippen LogP contribution in [-0.2, 0) is 16.0 Å². The highest BCUT2D eigenvalue weighted by Crippen LogP contribution is 2.58. The number of hydrogen-bond acceptors (Lipinski definition) is 5. The van der Waals surface area contributed by atoms with Crippen LogP contribution < -0.4 is 0 Å². The van der Waals surface area contributed by atoms with Crippen molar-refractivity contribution >= 4 is 5.97 Å². The summed E-state index contributed by atoms with van der Waals surface area (Å²) < 4.78 is 11.2. The summed E-state index contributed by atoms with van der Waals surface area (Å²) in [5.41, 5.74) is 0.636. The highest BCUT2D eigenvalue weighted by Gasteiger charge is 2.60. The Kier molecular flexibility index (Phi) is 4.20. The maximum atomic E-state index is 12.2. The Morgan fingerprint density at radius 2 is 2.12 bits per heavy atom. The number of aliphatic hydroxyl groups is 2. The van der Waals surface area contributed by atoms with Gasteiger partial charge < -0.3 is 19.4 Å². The molecule has 2 aliphatic carbocycles. The van der Waals surface area contributed by atoms with E-state index >= 15 is 0 Å². The first-order chi connectivity index (χ1) is 11.6. The molecule has 0 amide bonds. The fraction of sp³-hybridized carbons (Fsp3) is 0.550. The molecule has 0 aromatic carbocycles. The van der Waals surface area contributed by atoms with Gasteiger partial charge in [-0.2, -0.15) is 0 Å². The molecule has 0 saturated carbocycles. The number of fused-ring (bicyclic) bond motifs is 2. The van der Waals surface area contributed by atoms with Gasteiger partial charge in [-0.05, 0) is 33.3 Å². The van der Waals surface area contributed by atoms with E-state index in [-0.39, 0.29) is 0 Å². The summed E-state index contributed by atoms with van der Waals surface area (Å²) in [5, 5.41) is 22.5. The zero-order valence-electron chi connectivity index (χ0n) is 15.4. The standard InChI is InChI=1S/C20H26O5/c1-6-11(2)18(22)25-15-8-7-13-9-14-16(12(3)10-24-14)17(21)19(13,4)20(15,5)23/h6-7,10,15,17,21,23H,8-9H2,1-5H3/b11-6-/t15-,17+,19+,20+/m0/s1. The lowest BCUT2D eigenvalue weighted by Crippen LogP contribution is -2.60. The van der Waals surface area contributed by atoms with E-state index in [1.165, 1.54) is 0 Å². The molecule has 0 saturated heterocycles. The molecule has 0 aliphatic heterocycles. The largest absolute Gasteiger partial charge is 0.468 e. The molecule has 3 rings (SSSR count). The first kappa shape index (κ1) is 18.0. The number of carbonyl (C=O) groups is 1. The molecular formula is C20H26O5. The zero-order chi connectivity index (χ0) is 18.6. The van der Waals surface area contributed by atoms with E-state index in [0.717, 1.165) is 22.5 Å². The van der Waals surface area contributed by atoms with Gasteiger partial charge in [0.25, 0.3) is 0 Å². The molecule has 1 heterocycles. The van der Waals surface area contributed by atoms with Crippen LogP contribution in [0, 0.1) is 12.3 Å². The number of aliphatic hydroxyl groups excluding tert-OH is 1. The number of ether oxygens (including phenoxy) is 1. The van der Waals surface area contributed by atoms with Gasteiger partial charge in [0, 0.05) is 24.0 Å². The smallest absolute Gasteiger partial charge is 0.333 e. The Bertz CT molecular complexity index is 767. The molecule has 0 bridgehead atoms. The van der Waals surface area contributed by atoms with Crippen molar-refractivity contribution < 1.29 is 24.2 Å². The third-order valence-corrected chi connectivity index (χ3v) is 6.20. The molecular weight excluding hydrogens is 320 g/mol. The van der Waals surface area contributed by atoms with E-state index in [1.54, 1.807) is 33.1 Å². The summed E-state index contributed by atoms with van der Waals surface area (Å²) >= 11 is 0. The summed E-state index contributed by atoms with van der Waals surface area (Å²) in [6.45, 7) is 8.81. The van der Waals surface area contributed by atoms with E-state index in [1.807, 2.05) is 19.9 Å². The van der Waals surface area contributed by atoms with Gasteiger partial charge in [0.05, 0.1) is 17.8 Å². The molecule has 0 fully saturated rings. The van der Waals surface area contributed by atoms with E-state index in [0.29, 0.717) is 18.4 Å². The zero-order valence-corrected chi connectivity index (χ0v) is 15.4. The van der Waals surface area contributed by atoms with Crippen molar-refractivity contribution in [3.8, 4) is 0 Å². The van der Waals surface area contributed by atoms with Gasteiger partial charge in [-0.15, -0.1) is 0 Å². The number of allylic oxidation sites excluding steroid dienone is 1. The maximum absolute atomic E-state index is 12.2. The van der Waals surface area contributed by atoms with Gasteiger partial charge in [-0.1, -0.05) is 24.6 Å². The molecule has 1 aromatic rings. The summed E-state index contributed by atoms with van der Waals surface area (Å²) in [6.07, 6.45) is 4.57.